The van der Waals surface area contributed by atoms with E-state index in [9.17, 15) is 9.50 Å². The second kappa shape index (κ2) is 8.35. The van der Waals surface area contributed by atoms with Gasteiger partial charge in [0.05, 0.1) is 21.8 Å². The molecule has 0 amide bonds. The Morgan fingerprint density at radius 2 is 1.91 bits per heavy atom. The van der Waals surface area contributed by atoms with E-state index in [1.807, 2.05) is 16.7 Å². The molecular weight excluding hydrogens is 443 g/mol. The van der Waals surface area contributed by atoms with Gasteiger partial charge in [0.25, 0.3) is 0 Å². The third kappa shape index (κ3) is 3.75. The number of imidazole rings is 1. The Kier molecular flexibility index (Phi) is 5.36. The van der Waals surface area contributed by atoms with Crippen molar-refractivity contribution in [2.24, 2.45) is 5.73 Å². The minimum Gasteiger partial charge on any atom is -0.506 e. The largest absolute Gasteiger partial charge is 0.506 e. The maximum Gasteiger partial charge on any atom is 0.211 e. The minimum atomic E-state index is -0.629. The van der Waals surface area contributed by atoms with Crippen molar-refractivity contribution >= 4 is 23.2 Å². The van der Waals surface area contributed by atoms with Gasteiger partial charge in [0.1, 0.15) is 23.3 Å². The number of benzene rings is 2. The maximum atomic E-state index is 14.6. The zero-order valence-corrected chi connectivity index (χ0v) is 18.3. The van der Waals surface area contributed by atoms with Crippen LogP contribution in [0.2, 0.25) is 5.02 Å². The first-order chi connectivity index (χ1) is 16.0. The Balaban J connectivity index is 1.79. The smallest absolute Gasteiger partial charge is 0.211 e. The van der Waals surface area contributed by atoms with Crippen molar-refractivity contribution in [3.05, 3.63) is 65.2 Å². The van der Waals surface area contributed by atoms with Crippen molar-refractivity contribution in [1.82, 2.24) is 14.4 Å². The predicted molar refractivity (Wildman–Crippen MR) is 125 cm³/mol. The fourth-order valence-corrected chi connectivity index (χ4v) is 4.30. The molecule has 7 nitrogen and oxygen atoms in total. The lowest BCUT2D eigenvalue weighted by Crippen LogP contribution is -2.40. The second-order valence-corrected chi connectivity index (χ2v) is 8.46. The molecule has 5 rings (SSSR count). The molecule has 9 heteroatoms. The highest BCUT2D eigenvalue weighted by Gasteiger charge is 2.25. The minimum absolute atomic E-state index is 0.0448. The summed E-state index contributed by atoms with van der Waals surface area (Å²) in [7, 11) is 0. The zero-order chi connectivity index (χ0) is 23.1. The topological polar surface area (TPSA) is 103 Å². The van der Waals surface area contributed by atoms with Crippen molar-refractivity contribution in [1.29, 1.82) is 5.26 Å². The highest BCUT2D eigenvalue weighted by molar-refractivity contribution is 6.32. The van der Waals surface area contributed by atoms with Gasteiger partial charge in [-0.25, -0.2) is 14.4 Å². The summed E-state index contributed by atoms with van der Waals surface area (Å²) in [5, 5.41) is 19.6. The van der Waals surface area contributed by atoms with E-state index < -0.39 is 5.82 Å². The Hall–Kier alpha value is -3.67. The van der Waals surface area contributed by atoms with Gasteiger partial charge >= 0.3 is 0 Å². The second-order valence-electron chi connectivity index (χ2n) is 8.05. The van der Waals surface area contributed by atoms with Crippen LogP contribution in [-0.2, 0) is 0 Å². The van der Waals surface area contributed by atoms with E-state index in [0.717, 1.165) is 25.9 Å². The number of nitrogens with zero attached hydrogens (tertiary/aromatic N) is 5. The van der Waals surface area contributed by atoms with Crippen LogP contribution in [-0.4, -0.2) is 38.6 Å². The third-order valence-corrected chi connectivity index (χ3v) is 6.27. The van der Waals surface area contributed by atoms with E-state index in [-0.39, 0.29) is 22.4 Å². The number of anilines is 1. The van der Waals surface area contributed by atoms with Crippen LogP contribution in [0.1, 0.15) is 18.4 Å². The van der Waals surface area contributed by atoms with Crippen molar-refractivity contribution in [3.8, 4) is 34.2 Å². The lowest BCUT2D eigenvalue weighted by atomic mass is 9.98. The average Bonchev–Trinajstić information content (AvgIpc) is 3.30. The molecule has 3 heterocycles. The van der Waals surface area contributed by atoms with Crippen molar-refractivity contribution in [3.63, 3.8) is 0 Å². The summed E-state index contributed by atoms with van der Waals surface area (Å²) < 4.78 is 16.5. The monoisotopic (exact) mass is 462 g/mol. The number of hydrogen-bond acceptors (Lipinski definition) is 6. The van der Waals surface area contributed by atoms with Gasteiger partial charge in [-0.15, -0.1) is 0 Å². The first-order valence-corrected chi connectivity index (χ1v) is 10.9. The van der Waals surface area contributed by atoms with Crippen LogP contribution < -0.4 is 10.6 Å². The molecule has 4 aromatic rings. The molecule has 2 aromatic carbocycles. The molecule has 1 fully saturated rings. The normalized spacial score (nSPS) is 14.5. The molecule has 0 bridgehead atoms. The van der Waals surface area contributed by atoms with E-state index in [4.69, 9.17) is 27.6 Å². The molecule has 1 aliphatic rings. The summed E-state index contributed by atoms with van der Waals surface area (Å²) in [5.74, 6) is -0.0311. The first kappa shape index (κ1) is 21.2. The van der Waals surface area contributed by atoms with Gasteiger partial charge in [-0.2, -0.15) is 5.26 Å². The molecule has 0 saturated carbocycles. The van der Waals surface area contributed by atoms with E-state index >= 15 is 0 Å². The number of rotatable bonds is 3. The van der Waals surface area contributed by atoms with Crippen molar-refractivity contribution < 1.29 is 9.50 Å². The maximum absolute atomic E-state index is 14.6. The van der Waals surface area contributed by atoms with Crippen LogP contribution in [0, 0.1) is 17.1 Å². The number of nitriles is 1. The number of nitrogens with two attached hydrogens (primary N) is 1. The van der Waals surface area contributed by atoms with Crippen LogP contribution in [0.4, 0.5) is 10.3 Å². The van der Waals surface area contributed by atoms with Crippen LogP contribution in [0.25, 0.3) is 28.0 Å². The molecule has 0 atom stereocenters. The summed E-state index contributed by atoms with van der Waals surface area (Å²) in [5.41, 5.74) is 8.89. The Labute approximate surface area is 194 Å². The number of aromatic hydroxyl groups is 1. The fourth-order valence-electron chi connectivity index (χ4n) is 4.18. The quantitative estimate of drug-likeness (QED) is 0.469. The number of halogens is 2. The number of hydrogen-bond donors (Lipinski definition) is 2. The summed E-state index contributed by atoms with van der Waals surface area (Å²) in [6.45, 7) is 1.48. The Morgan fingerprint density at radius 1 is 1.15 bits per heavy atom. The van der Waals surface area contributed by atoms with Gasteiger partial charge < -0.3 is 15.7 Å². The van der Waals surface area contributed by atoms with E-state index in [1.54, 1.807) is 24.4 Å². The standard InChI is InChI=1S/C24H20ClFN6O/c25-18-4-3-14(12-20(18)33)21-22(15-1-2-16(13-27)19(26)11-15)30-24(32-10-7-29-23(21)32)31-8-5-17(28)6-9-31/h1-4,7,10-12,17,33H,5-6,8-9,28H2. The van der Waals surface area contributed by atoms with Gasteiger partial charge in [0.2, 0.25) is 5.95 Å². The highest BCUT2D eigenvalue weighted by atomic mass is 35.5. The number of phenolic OH excluding ortho intramolecular Hbond substituents is 1. The van der Waals surface area contributed by atoms with Gasteiger partial charge in [0.15, 0.2) is 0 Å². The number of phenols is 1. The number of fused-ring (bicyclic) bond motifs is 1. The molecule has 0 aliphatic carbocycles. The number of piperidine rings is 1. The molecule has 0 spiro atoms. The van der Waals surface area contributed by atoms with Crippen LogP contribution >= 0.6 is 11.6 Å². The fraction of sp³-hybridized carbons (Fsp3) is 0.208. The third-order valence-electron chi connectivity index (χ3n) is 5.95. The van der Waals surface area contributed by atoms with E-state index in [0.29, 0.717) is 34.0 Å². The molecule has 3 N–H and O–H groups in total. The Bertz CT molecular complexity index is 1400. The molecule has 1 aliphatic heterocycles. The summed E-state index contributed by atoms with van der Waals surface area (Å²) in [6.07, 6.45) is 5.18. The highest BCUT2D eigenvalue weighted by Crippen LogP contribution is 2.39. The van der Waals surface area contributed by atoms with Gasteiger partial charge in [-0.1, -0.05) is 23.7 Å². The molecule has 2 aromatic heterocycles. The van der Waals surface area contributed by atoms with Gasteiger partial charge in [-0.3, -0.25) is 4.40 Å². The average molecular weight is 463 g/mol. The molecule has 0 radical (unpaired) electrons. The first-order valence-electron chi connectivity index (χ1n) is 10.5. The lowest BCUT2D eigenvalue weighted by molar-refractivity contribution is 0.476. The molecule has 33 heavy (non-hydrogen) atoms. The van der Waals surface area contributed by atoms with Gasteiger partial charge in [0, 0.05) is 37.1 Å². The summed E-state index contributed by atoms with van der Waals surface area (Å²) in [4.78, 5) is 11.7. The van der Waals surface area contributed by atoms with Crippen LogP contribution in [0.3, 0.4) is 0 Å². The summed E-state index contributed by atoms with van der Waals surface area (Å²) in [6, 6.07) is 11.3. The van der Waals surface area contributed by atoms with Crippen molar-refractivity contribution in [2.45, 2.75) is 18.9 Å². The Morgan fingerprint density at radius 3 is 2.61 bits per heavy atom. The molecule has 166 valence electrons. The molecule has 0 unspecified atom stereocenters. The van der Waals surface area contributed by atoms with Gasteiger partial charge in [-0.05, 0) is 42.7 Å². The van der Waals surface area contributed by atoms with E-state index in [2.05, 4.69) is 9.88 Å². The number of aromatic nitrogens is 3. The summed E-state index contributed by atoms with van der Waals surface area (Å²) >= 11 is 6.03. The SMILES string of the molecule is N#Cc1ccc(-c2nc(N3CCC(N)CC3)n3ccnc3c2-c2ccc(Cl)c(O)c2)cc1F. The van der Waals surface area contributed by atoms with Crippen molar-refractivity contribution in [2.75, 3.05) is 18.0 Å². The zero-order valence-electron chi connectivity index (χ0n) is 17.5. The molecular formula is C24H20ClFN6O. The van der Waals surface area contributed by atoms with Crippen LogP contribution in [0.5, 0.6) is 5.75 Å². The predicted octanol–water partition coefficient (Wildman–Crippen LogP) is 4.36. The lowest BCUT2D eigenvalue weighted by Gasteiger charge is -2.32. The van der Waals surface area contributed by atoms with E-state index in [1.165, 1.54) is 18.2 Å². The van der Waals surface area contributed by atoms with Crippen LogP contribution in [0.15, 0.2) is 48.8 Å². The molecule has 1 saturated heterocycles.